The second-order valence-electron chi connectivity index (χ2n) is 4.67. The summed E-state index contributed by atoms with van der Waals surface area (Å²) in [5, 5.41) is 0. The maximum Gasteiger partial charge on any atom is -0.0300 e. The van der Waals surface area contributed by atoms with Crippen LogP contribution in [0.1, 0.15) is 73.1 Å². The molecular weight excluding hydrogens is 156 g/mol. The van der Waals surface area contributed by atoms with Gasteiger partial charge < -0.3 is 0 Å². The molecule has 80 valence electrons. The van der Waals surface area contributed by atoms with Crippen molar-refractivity contribution in [2.24, 2.45) is 11.3 Å². The van der Waals surface area contributed by atoms with Gasteiger partial charge in [-0.05, 0) is 24.2 Å². The van der Waals surface area contributed by atoms with Crippen molar-refractivity contribution in [2.75, 3.05) is 0 Å². The summed E-state index contributed by atoms with van der Waals surface area (Å²) >= 11 is 0. The van der Waals surface area contributed by atoms with Crippen LogP contribution < -0.4 is 0 Å². The first-order valence-corrected chi connectivity index (χ1v) is 6.14. The second-order valence-corrected chi connectivity index (χ2v) is 4.67. The van der Waals surface area contributed by atoms with Gasteiger partial charge in [0, 0.05) is 0 Å². The van der Waals surface area contributed by atoms with Gasteiger partial charge in [0.15, 0.2) is 0 Å². The molecule has 0 radical (unpaired) electrons. The lowest BCUT2D eigenvalue weighted by atomic mass is 9.72. The smallest absolute Gasteiger partial charge is 0.0300 e. The van der Waals surface area contributed by atoms with Crippen LogP contribution in [0.15, 0.2) is 0 Å². The van der Waals surface area contributed by atoms with E-state index in [1.807, 2.05) is 0 Å². The third-order valence-electron chi connectivity index (χ3n) is 3.76. The molecule has 0 amide bonds. The van der Waals surface area contributed by atoms with E-state index in [4.69, 9.17) is 0 Å². The van der Waals surface area contributed by atoms with Gasteiger partial charge >= 0.3 is 0 Å². The zero-order chi connectivity index (χ0) is 10.3. The summed E-state index contributed by atoms with van der Waals surface area (Å²) < 4.78 is 0. The maximum absolute atomic E-state index is 2.40. The normalized spacial score (nSPS) is 14.5. The number of hydrogen-bond donors (Lipinski definition) is 0. The Hall–Kier alpha value is 0. The van der Waals surface area contributed by atoms with E-state index >= 15 is 0 Å². The molecule has 0 aromatic heterocycles. The maximum atomic E-state index is 2.40. The van der Waals surface area contributed by atoms with Crippen LogP contribution in [0, 0.1) is 11.3 Å². The van der Waals surface area contributed by atoms with Crippen molar-refractivity contribution in [2.45, 2.75) is 73.1 Å². The van der Waals surface area contributed by atoms with Crippen molar-refractivity contribution in [3.63, 3.8) is 0 Å². The Labute approximate surface area is 85.1 Å². The fraction of sp³-hybridized carbons (Fsp3) is 1.00. The molecule has 13 heavy (non-hydrogen) atoms. The monoisotopic (exact) mass is 184 g/mol. The van der Waals surface area contributed by atoms with E-state index < -0.39 is 0 Å². The van der Waals surface area contributed by atoms with E-state index in [0.717, 1.165) is 5.92 Å². The zero-order valence-electron chi connectivity index (χ0n) is 10.3. The minimum Gasteiger partial charge on any atom is -0.0654 e. The molecule has 1 atom stereocenters. The van der Waals surface area contributed by atoms with Gasteiger partial charge in [0.1, 0.15) is 0 Å². The summed E-state index contributed by atoms with van der Waals surface area (Å²) in [6.07, 6.45) is 8.27. The lowest BCUT2D eigenvalue weighted by Crippen LogP contribution is -2.21. The minimum absolute atomic E-state index is 0.657. The molecule has 0 heteroatoms. The van der Waals surface area contributed by atoms with Gasteiger partial charge in [-0.25, -0.2) is 0 Å². The fourth-order valence-corrected chi connectivity index (χ4v) is 2.41. The zero-order valence-corrected chi connectivity index (χ0v) is 10.3. The molecule has 0 aliphatic heterocycles. The molecule has 0 saturated heterocycles. The number of rotatable bonds is 7. The molecule has 0 nitrogen and oxygen atoms in total. The summed E-state index contributed by atoms with van der Waals surface area (Å²) in [6.45, 7) is 11.8. The molecule has 0 fully saturated rings. The third-order valence-corrected chi connectivity index (χ3v) is 3.76. The fourth-order valence-electron chi connectivity index (χ4n) is 2.41. The molecule has 0 aliphatic rings. The SMILES string of the molecule is CCCC(CC)(CC)CC(C)CC. The van der Waals surface area contributed by atoms with E-state index in [-0.39, 0.29) is 0 Å². The lowest BCUT2D eigenvalue weighted by molar-refractivity contribution is 0.179. The predicted octanol–water partition coefficient (Wildman–Crippen LogP) is 5.03. The van der Waals surface area contributed by atoms with Crippen LogP contribution in [0.5, 0.6) is 0 Å². The largest absolute Gasteiger partial charge is 0.0654 e. The van der Waals surface area contributed by atoms with Crippen molar-refractivity contribution in [1.29, 1.82) is 0 Å². The lowest BCUT2D eigenvalue weighted by Gasteiger charge is -2.34. The molecule has 0 aromatic carbocycles. The van der Waals surface area contributed by atoms with Crippen LogP contribution in [-0.2, 0) is 0 Å². The Balaban J connectivity index is 4.19. The van der Waals surface area contributed by atoms with Gasteiger partial charge in [-0.1, -0.05) is 60.3 Å². The van der Waals surface area contributed by atoms with Crippen LogP contribution in [0.3, 0.4) is 0 Å². The highest BCUT2D eigenvalue weighted by atomic mass is 14.3. The Morgan fingerprint density at radius 2 is 1.54 bits per heavy atom. The van der Waals surface area contributed by atoms with Crippen LogP contribution in [0.25, 0.3) is 0 Å². The Bertz CT molecular complexity index is 111. The van der Waals surface area contributed by atoms with Crippen molar-refractivity contribution in [3.05, 3.63) is 0 Å². The average Bonchev–Trinajstić information content (AvgIpc) is 2.17. The third kappa shape index (κ3) is 4.15. The summed E-state index contributed by atoms with van der Waals surface area (Å²) in [5.74, 6) is 0.909. The van der Waals surface area contributed by atoms with Crippen LogP contribution in [0.4, 0.5) is 0 Å². The Morgan fingerprint density at radius 1 is 1.00 bits per heavy atom. The Morgan fingerprint density at radius 3 is 1.85 bits per heavy atom. The molecule has 0 saturated carbocycles. The molecule has 0 aliphatic carbocycles. The van der Waals surface area contributed by atoms with Gasteiger partial charge in [-0.15, -0.1) is 0 Å². The highest BCUT2D eigenvalue weighted by Crippen LogP contribution is 2.39. The summed E-state index contributed by atoms with van der Waals surface area (Å²) in [7, 11) is 0. The van der Waals surface area contributed by atoms with Crippen molar-refractivity contribution < 1.29 is 0 Å². The Kier molecular flexibility index (Phi) is 6.45. The average molecular weight is 184 g/mol. The van der Waals surface area contributed by atoms with E-state index in [1.54, 1.807) is 0 Å². The minimum atomic E-state index is 0.657. The highest BCUT2D eigenvalue weighted by molar-refractivity contribution is 4.77. The second kappa shape index (κ2) is 6.45. The summed E-state index contributed by atoms with van der Waals surface area (Å²) in [4.78, 5) is 0. The van der Waals surface area contributed by atoms with Crippen LogP contribution in [-0.4, -0.2) is 0 Å². The molecular formula is C13H28. The number of hydrogen-bond acceptors (Lipinski definition) is 0. The molecule has 0 heterocycles. The van der Waals surface area contributed by atoms with Crippen molar-refractivity contribution in [1.82, 2.24) is 0 Å². The van der Waals surface area contributed by atoms with Crippen LogP contribution >= 0.6 is 0 Å². The molecule has 0 spiro atoms. The first-order chi connectivity index (χ1) is 6.14. The highest BCUT2D eigenvalue weighted by Gasteiger charge is 2.26. The topological polar surface area (TPSA) is 0 Å². The first kappa shape index (κ1) is 13.0. The molecule has 0 rings (SSSR count). The quantitative estimate of drug-likeness (QED) is 0.520. The van der Waals surface area contributed by atoms with E-state index in [0.29, 0.717) is 5.41 Å². The van der Waals surface area contributed by atoms with Gasteiger partial charge in [0.05, 0.1) is 0 Å². The van der Waals surface area contributed by atoms with Gasteiger partial charge in [0.2, 0.25) is 0 Å². The van der Waals surface area contributed by atoms with Crippen LogP contribution in [0.2, 0.25) is 0 Å². The molecule has 0 N–H and O–H groups in total. The van der Waals surface area contributed by atoms with E-state index in [9.17, 15) is 0 Å². The standard InChI is InChI=1S/C13H28/c1-6-10-13(8-3,9-4)11-12(5)7-2/h12H,6-11H2,1-5H3. The van der Waals surface area contributed by atoms with Gasteiger partial charge in [0.25, 0.3) is 0 Å². The first-order valence-electron chi connectivity index (χ1n) is 6.14. The molecule has 0 aromatic rings. The molecule has 1 unspecified atom stereocenters. The van der Waals surface area contributed by atoms with Crippen molar-refractivity contribution in [3.8, 4) is 0 Å². The van der Waals surface area contributed by atoms with Crippen molar-refractivity contribution >= 4 is 0 Å². The summed E-state index contributed by atoms with van der Waals surface area (Å²) in [5.41, 5.74) is 0.657. The van der Waals surface area contributed by atoms with E-state index in [1.165, 1.54) is 38.5 Å². The van der Waals surface area contributed by atoms with Gasteiger partial charge in [-0.3, -0.25) is 0 Å². The predicted molar refractivity (Wildman–Crippen MR) is 62.0 cm³/mol. The molecule has 0 bridgehead atoms. The van der Waals surface area contributed by atoms with Gasteiger partial charge in [-0.2, -0.15) is 0 Å². The summed E-state index contributed by atoms with van der Waals surface area (Å²) in [6, 6.07) is 0. The van der Waals surface area contributed by atoms with E-state index in [2.05, 4.69) is 34.6 Å².